The third-order valence-electron chi connectivity index (χ3n) is 4.66. The molecule has 0 amide bonds. The summed E-state index contributed by atoms with van der Waals surface area (Å²) < 4.78 is 5.69. The maximum absolute atomic E-state index is 12.5. The summed E-state index contributed by atoms with van der Waals surface area (Å²) in [6.07, 6.45) is 0.183. The van der Waals surface area contributed by atoms with Gasteiger partial charge >= 0.3 is 5.97 Å². The first kappa shape index (κ1) is 19.7. The minimum atomic E-state index is -2.16. The van der Waals surface area contributed by atoms with Crippen molar-refractivity contribution in [1.82, 2.24) is 0 Å². The molecule has 5 nitrogen and oxygen atoms in total. The molecule has 2 aromatic rings. The molecule has 3 rings (SSSR count). The fourth-order valence-electron chi connectivity index (χ4n) is 3.48. The van der Waals surface area contributed by atoms with Gasteiger partial charge in [0.2, 0.25) is 0 Å². The van der Waals surface area contributed by atoms with Crippen LogP contribution in [0.4, 0.5) is 0 Å². The van der Waals surface area contributed by atoms with E-state index in [1.165, 1.54) is 6.92 Å². The smallest absolute Gasteiger partial charge is 0.320 e. The van der Waals surface area contributed by atoms with Gasteiger partial charge in [0.05, 0.1) is 5.60 Å². The maximum Gasteiger partial charge on any atom is 0.320 e. The van der Waals surface area contributed by atoms with Crippen molar-refractivity contribution >= 4 is 5.78 Å². The van der Waals surface area contributed by atoms with Crippen molar-refractivity contribution in [3.05, 3.63) is 71.8 Å². The van der Waals surface area contributed by atoms with Crippen molar-refractivity contribution in [2.45, 2.75) is 51.3 Å². The van der Waals surface area contributed by atoms with Gasteiger partial charge in [0.1, 0.15) is 11.7 Å². The highest BCUT2D eigenvalue weighted by Crippen LogP contribution is 2.48. The summed E-state index contributed by atoms with van der Waals surface area (Å²) in [5.74, 6) is -3.32. The van der Waals surface area contributed by atoms with E-state index >= 15 is 0 Å². The fraction of sp³-hybridized carbons (Fsp3) is 0.409. The van der Waals surface area contributed by atoms with Gasteiger partial charge in [0.25, 0.3) is 0 Å². The normalized spacial score (nSPS) is 25.1. The van der Waals surface area contributed by atoms with Crippen molar-refractivity contribution in [3.8, 4) is 0 Å². The molecule has 27 heavy (non-hydrogen) atoms. The molecule has 5 heteroatoms. The van der Waals surface area contributed by atoms with E-state index in [0.717, 1.165) is 11.1 Å². The molecule has 0 bridgehead atoms. The molecule has 0 saturated carbocycles. The standard InChI is InChI=1S/C22H26O5/c1-16(23)19-15-21(17-11-7-5-8-12-17,18-13-9-6-10-14-18)26-27-22(19,24)25-20(2,3)4/h5-14,19,24H,15H2,1-4H3. The van der Waals surface area contributed by atoms with Crippen LogP contribution in [0.15, 0.2) is 60.7 Å². The minimum Gasteiger partial charge on any atom is -0.341 e. The SMILES string of the molecule is CC(=O)C1CC(c2ccccc2)(c2ccccc2)OOC1(O)OC(C)(C)C. The minimum absolute atomic E-state index is 0.183. The van der Waals surface area contributed by atoms with Crippen LogP contribution in [0, 0.1) is 5.92 Å². The highest BCUT2D eigenvalue weighted by molar-refractivity contribution is 5.79. The highest BCUT2D eigenvalue weighted by Gasteiger charge is 2.57. The van der Waals surface area contributed by atoms with E-state index in [2.05, 4.69) is 0 Å². The lowest BCUT2D eigenvalue weighted by molar-refractivity contribution is -0.566. The number of carbonyl (C=O) groups is 1. The predicted octanol–water partition coefficient (Wildman–Crippen LogP) is 3.95. The topological polar surface area (TPSA) is 65.0 Å². The molecule has 1 heterocycles. The van der Waals surface area contributed by atoms with E-state index in [9.17, 15) is 9.90 Å². The molecule has 1 fully saturated rings. The molecule has 2 unspecified atom stereocenters. The summed E-state index contributed by atoms with van der Waals surface area (Å²) in [6.45, 7) is 6.77. The van der Waals surface area contributed by atoms with Crippen molar-refractivity contribution in [2.24, 2.45) is 5.92 Å². The summed E-state index contributed by atoms with van der Waals surface area (Å²) in [6, 6.07) is 19.1. The van der Waals surface area contributed by atoms with Crippen LogP contribution in [0.2, 0.25) is 0 Å². The Morgan fingerprint density at radius 1 is 1.00 bits per heavy atom. The second-order valence-corrected chi connectivity index (χ2v) is 7.94. The number of ketones is 1. The van der Waals surface area contributed by atoms with Gasteiger partial charge in [-0.15, -0.1) is 0 Å². The first-order valence-corrected chi connectivity index (χ1v) is 9.07. The Morgan fingerprint density at radius 2 is 1.48 bits per heavy atom. The Bertz CT molecular complexity index is 742. The van der Waals surface area contributed by atoms with Gasteiger partial charge in [0.15, 0.2) is 5.60 Å². The van der Waals surface area contributed by atoms with E-state index < -0.39 is 23.1 Å². The van der Waals surface area contributed by atoms with Crippen LogP contribution in [-0.2, 0) is 24.9 Å². The number of Topliss-reactive ketones (excluding diaryl/α,β-unsaturated/α-hetero) is 1. The summed E-state index contributed by atoms with van der Waals surface area (Å²) in [4.78, 5) is 23.8. The number of rotatable bonds is 4. The average Bonchev–Trinajstić information content (AvgIpc) is 2.62. The van der Waals surface area contributed by atoms with Gasteiger partial charge in [-0.05, 0) is 38.8 Å². The zero-order valence-corrected chi connectivity index (χ0v) is 16.1. The summed E-state index contributed by atoms with van der Waals surface area (Å²) in [5.41, 5.74) is -0.0991. The van der Waals surface area contributed by atoms with Crippen LogP contribution in [0.25, 0.3) is 0 Å². The van der Waals surface area contributed by atoms with E-state index in [-0.39, 0.29) is 12.2 Å². The first-order chi connectivity index (χ1) is 12.7. The van der Waals surface area contributed by atoms with Crippen molar-refractivity contribution in [3.63, 3.8) is 0 Å². The Hall–Kier alpha value is -2.05. The molecule has 2 atom stereocenters. The summed E-state index contributed by atoms with van der Waals surface area (Å²) >= 11 is 0. The second kappa shape index (κ2) is 7.17. The lowest BCUT2D eigenvalue weighted by Crippen LogP contribution is -2.58. The molecule has 0 spiro atoms. The van der Waals surface area contributed by atoms with Gasteiger partial charge in [-0.1, -0.05) is 60.7 Å². The molecular formula is C22H26O5. The van der Waals surface area contributed by atoms with Crippen LogP contribution in [0.3, 0.4) is 0 Å². The maximum atomic E-state index is 12.5. The van der Waals surface area contributed by atoms with Crippen LogP contribution in [0.5, 0.6) is 0 Å². The molecule has 1 aliphatic rings. The fourth-order valence-corrected chi connectivity index (χ4v) is 3.48. The Kier molecular flexibility index (Phi) is 5.23. The summed E-state index contributed by atoms with van der Waals surface area (Å²) in [7, 11) is 0. The molecule has 0 radical (unpaired) electrons. The van der Waals surface area contributed by atoms with Gasteiger partial charge < -0.3 is 9.84 Å². The second-order valence-electron chi connectivity index (χ2n) is 7.94. The number of ether oxygens (including phenoxy) is 1. The third kappa shape index (κ3) is 3.96. The zero-order chi connectivity index (χ0) is 19.7. The van der Waals surface area contributed by atoms with Gasteiger partial charge in [-0.3, -0.25) is 4.79 Å². The molecule has 1 N–H and O–H groups in total. The number of benzene rings is 2. The van der Waals surface area contributed by atoms with Crippen LogP contribution >= 0.6 is 0 Å². The van der Waals surface area contributed by atoms with Crippen molar-refractivity contribution < 1.29 is 24.4 Å². The van der Waals surface area contributed by atoms with Crippen LogP contribution in [0.1, 0.15) is 45.2 Å². The lowest BCUT2D eigenvalue weighted by Gasteiger charge is -2.47. The molecule has 144 valence electrons. The third-order valence-corrected chi connectivity index (χ3v) is 4.66. The summed E-state index contributed by atoms with van der Waals surface area (Å²) in [5, 5.41) is 11.0. The Balaban J connectivity index is 2.09. The number of aliphatic hydroxyl groups is 1. The van der Waals surface area contributed by atoms with E-state index in [1.807, 2.05) is 60.7 Å². The monoisotopic (exact) mass is 370 g/mol. The first-order valence-electron chi connectivity index (χ1n) is 9.07. The van der Waals surface area contributed by atoms with E-state index in [4.69, 9.17) is 14.5 Å². The number of hydrogen-bond donors (Lipinski definition) is 1. The molecule has 0 aliphatic carbocycles. The van der Waals surface area contributed by atoms with Crippen molar-refractivity contribution in [1.29, 1.82) is 0 Å². The van der Waals surface area contributed by atoms with Gasteiger partial charge in [-0.2, -0.15) is 4.89 Å². The van der Waals surface area contributed by atoms with E-state index in [0.29, 0.717) is 0 Å². The average molecular weight is 370 g/mol. The molecule has 2 aromatic carbocycles. The highest BCUT2D eigenvalue weighted by atomic mass is 17.3. The largest absolute Gasteiger partial charge is 0.341 e. The van der Waals surface area contributed by atoms with Crippen LogP contribution < -0.4 is 0 Å². The zero-order valence-electron chi connectivity index (χ0n) is 16.1. The molecule has 1 aliphatic heterocycles. The molecular weight excluding hydrogens is 344 g/mol. The number of hydrogen-bond acceptors (Lipinski definition) is 5. The number of carbonyl (C=O) groups excluding carboxylic acids is 1. The van der Waals surface area contributed by atoms with Gasteiger partial charge in [-0.25, -0.2) is 4.89 Å². The molecule has 0 aromatic heterocycles. The lowest BCUT2D eigenvalue weighted by atomic mass is 9.76. The predicted molar refractivity (Wildman–Crippen MR) is 100 cm³/mol. The van der Waals surface area contributed by atoms with E-state index in [1.54, 1.807) is 20.8 Å². The van der Waals surface area contributed by atoms with Crippen molar-refractivity contribution in [2.75, 3.05) is 0 Å². The Labute approximate surface area is 159 Å². The quantitative estimate of drug-likeness (QED) is 0.652. The Morgan fingerprint density at radius 3 is 1.89 bits per heavy atom. The van der Waals surface area contributed by atoms with Gasteiger partial charge in [0, 0.05) is 6.42 Å². The molecule has 1 saturated heterocycles. The van der Waals surface area contributed by atoms with Crippen LogP contribution in [-0.4, -0.2) is 22.5 Å².